The van der Waals surface area contributed by atoms with Gasteiger partial charge in [0.2, 0.25) is 0 Å². The van der Waals surface area contributed by atoms with E-state index in [2.05, 4.69) is 74.3 Å². The van der Waals surface area contributed by atoms with E-state index in [-0.39, 0.29) is 54.1 Å². The maximum absolute atomic E-state index is 13.3. The quantitative estimate of drug-likeness (QED) is 0.274. The van der Waals surface area contributed by atoms with E-state index in [9.17, 15) is 19.8 Å². The number of aliphatic hydroxyl groups is 1. The van der Waals surface area contributed by atoms with E-state index in [1.54, 1.807) is 0 Å². The number of allylic oxidation sites excluding steroid dienone is 2. The fourth-order valence-corrected chi connectivity index (χ4v) is 8.79. The molecule has 0 saturated carbocycles. The number of aliphatic carboxylic acids is 1. The minimum absolute atomic E-state index is 0.0194. The predicted octanol–water partition coefficient (Wildman–Crippen LogP) is 3.14. The molecule has 0 amide bonds. The number of carboxylic acids is 1. The van der Waals surface area contributed by atoms with E-state index < -0.39 is 17.9 Å². The van der Waals surface area contributed by atoms with Crippen molar-refractivity contribution in [2.24, 2.45) is 29.6 Å². The highest BCUT2D eigenvalue weighted by Crippen LogP contribution is 2.50. The highest BCUT2D eigenvalue weighted by atomic mass is 16.5. The first kappa shape index (κ1) is 30.3. The van der Waals surface area contributed by atoms with E-state index in [1.807, 2.05) is 6.08 Å². The maximum Gasteiger partial charge on any atom is 0.320 e. The first-order chi connectivity index (χ1) is 21.0. The van der Waals surface area contributed by atoms with Crippen LogP contribution >= 0.6 is 0 Å². The molecule has 9 atom stereocenters. The van der Waals surface area contributed by atoms with Crippen LogP contribution in [-0.2, 0) is 14.3 Å². The third kappa shape index (κ3) is 4.62. The minimum Gasteiger partial charge on any atom is -0.511 e. The number of esters is 1. The van der Waals surface area contributed by atoms with Crippen molar-refractivity contribution in [3.8, 4) is 0 Å². The Labute approximate surface area is 258 Å². The zero-order chi connectivity index (χ0) is 31.6. The molecule has 6 unspecified atom stereocenters. The van der Waals surface area contributed by atoms with Crippen LogP contribution in [-0.4, -0.2) is 58.4 Å². The monoisotopic (exact) mass is 602 g/mol. The molecule has 44 heavy (non-hydrogen) atoms. The van der Waals surface area contributed by atoms with Crippen LogP contribution in [0.1, 0.15) is 64.5 Å². The Bertz CT molecular complexity index is 1630. The van der Waals surface area contributed by atoms with Gasteiger partial charge in [0.05, 0.1) is 7.11 Å². The summed E-state index contributed by atoms with van der Waals surface area (Å²) in [6, 6.07) is -0.197. The van der Waals surface area contributed by atoms with Crippen LogP contribution in [0.4, 0.5) is 0 Å². The summed E-state index contributed by atoms with van der Waals surface area (Å²) < 4.78 is 5.24. The molecular formula is C35H46N4O5. The number of ether oxygens (including phenoxy) is 1. The van der Waals surface area contributed by atoms with Gasteiger partial charge in [-0.2, -0.15) is 0 Å². The van der Waals surface area contributed by atoms with Gasteiger partial charge in [-0.3, -0.25) is 9.59 Å². The fraction of sp³-hybridized carbons (Fsp3) is 0.543. The Kier molecular flexibility index (Phi) is 7.80. The van der Waals surface area contributed by atoms with E-state index in [1.165, 1.54) is 12.7 Å². The van der Waals surface area contributed by atoms with Crippen LogP contribution in [0.2, 0.25) is 0 Å². The Hall–Kier alpha value is -3.72. The number of hydrogen-bond acceptors (Lipinski definition) is 7. The van der Waals surface area contributed by atoms with Crippen LogP contribution in [0.15, 0.2) is 40.5 Å². The second-order valence-corrected chi connectivity index (χ2v) is 13.4. The number of carboxylic acid groups (broad SMARTS) is 1. The number of carbonyl (C=O) groups excluding carboxylic acids is 1. The van der Waals surface area contributed by atoms with E-state index >= 15 is 0 Å². The first-order valence-corrected chi connectivity index (χ1v) is 16.0. The van der Waals surface area contributed by atoms with Crippen molar-refractivity contribution < 1.29 is 24.5 Å². The molecule has 5 aliphatic rings. The number of methoxy groups -OCH3 is 1. The van der Waals surface area contributed by atoms with Crippen LogP contribution in [0.25, 0.3) is 18.2 Å². The van der Waals surface area contributed by atoms with Gasteiger partial charge in [-0.15, -0.1) is 0 Å². The molecule has 1 aliphatic carbocycles. The SMILES string of the molecule is C=Cc1c(C)/c2[nH]/c1=C\C1=C(C)C(CC)C(CC3NC4=C(C5NC(\C=2)[C@@H](C)[C@@H]5CCC(=O)O)[C@@H](C(=O)OC)C(O)=C4C3C)N1. The van der Waals surface area contributed by atoms with Crippen molar-refractivity contribution in [2.75, 3.05) is 7.11 Å². The molecule has 0 radical (unpaired) electrons. The summed E-state index contributed by atoms with van der Waals surface area (Å²) in [5.41, 5.74) is 7.00. The molecule has 6 rings (SSSR count). The summed E-state index contributed by atoms with van der Waals surface area (Å²) in [5, 5.41) is 34.8. The van der Waals surface area contributed by atoms with Gasteiger partial charge in [0.15, 0.2) is 0 Å². The van der Waals surface area contributed by atoms with E-state index in [4.69, 9.17) is 4.74 Å². The molecule has 8 bridgehead atoms. The van der Waals surface area contributed by atoms with Gasteiger partial charge in [0.25, 0.3) is 0 Å². The highest BCUT2D eigenvalue weighted by Gasteiger charge is 2.53. The second-order valence-electron chi connectivity index (χ2n) is 13.4. The number of rotatable bonds is 6. The smallest absolute Gasteiger partial charge is 0.320 e. The number of H-pyrrole nitrogens is 1. The third-order valence-electron chi connectivity index (χ3n) is 11.3. The molecule has 5 heterocycles. The maximum atomic E-state index is 13.3. The first-order valence-electron chi connectivity index (χ1n) is 16.0. The predicted molar refractivity (Wildman–Crippen MR) is 170 cm³/mol. The van der Waals surface area contributed by atoms with Crippen LogP contribution in [0, 0.1) is 36.5 Å². The van der Waals surface area contributed by atoms with Gasteiger partial charge >= 0.3 is 11.9 Å². The molecule has 6 N–H and O–H groups in total. The average molecular weight is 603 g/mol. The lowest BCUT2D eigenvalue weighted by molar-refractivity contribution is -0.144. The number of aromatic amines is 1. The molecule has 0 spiro atoms. The molecule has 9 heteroatoms. The van der Waals surface area contributed by atoms with Gasteiger partial charge < -0.3 is 35.9 Å². The Balaban J connectivity index is 1.57. The highest BCUT2D eigenvalue weighted by molar-refractivity contribution is 5.83. The number of hydrogen-bond donors (Lipinski definition) is 6. The van der Waals surface area contributed by atoms with Crippen LogP contribution < -0.4 is 26.6 Å². The average Bonchev–Trinajstić information content (AvgIpc) is 3.72. The lowest BCUT2D eigenvalue weighted by Gasteiger charge is -2.29. The van der Waals surface area contributed by atoms with Gasteiger partial charge in [0, 0.05) is 75.7 Å². The fourth-order valence-electron chi connectivity index (χ4n) is 8.79. The second kappa shape index (κ2) is 11.3. The number of aromatic nitrogens is 1. The van der Waals surface area contributed by atoms with E-state index in [0.29, 0.717) is 12.3 Å². The standard InChI is InChI=1S/C35H46N4O5/c1-8-19-15(3)22-12-24-17(5)21(10-11-28(40)41)32(38-24)30-31(35(43)44-7)34(42)29-18(6)25(39-33(29)30)14-27-20(9-2)16(4)23(37-27)13-26(19)36-22/h8,12-13,17-18,20-21,24-25,27,31-32,36-39,42H,1,9-11,14H2,2-7H3,(H,40,41)/b22-12-,26-13-/t17-,18?,20?,21-,24?,25?,27?,31+,32?/m0/s1. The van der Waals surface area contributed by atoms with Crippen LogP contribution in [0.5, 0.6) is 0 Å². The summed E-state index contributed by atoms with van der Waals surface area (Å²) >= 11 is 0. The lowest BCUT2D eigenvalue weighted by Crippen LogP contribution is -2.41. The van der Waals surface area contributed by atoms with Gasteiger partial charge in [0.1, 0.15) is 11.7 Å². The molecule has 9 nitrogen and oxygen atoms in total. The molecule has 2 fully saturated rings. The van der Waals surface area contributed by atoms with Crippen molar-refractivity contribution in [3.05, 3.63) is 62.3 Å². The topological polar surface area (TPSA) is 136 Å². The van der Waals surface area contributed by atoms with Crippen molar-refractivity contribution >= 4 is 30.2 Å². The summed E-state index contributed by atoms with van der Waals surface area (Å²) in [6.07, 6.45) is 8.61. The number of nitrogens with one attached hydrogen (secondary N) is 4. The van der Waals surface area contributed by atoms with Gasteiger partial charge in [-0.05, 0) is 73.8 Å². The lowest BCUT2D eigenvalue weighted by atomic mass is 9.79. The zero-order valence-corrected chi connectivity index (χ0v) is 26.6. The summed E-state index contributed by atoms with van der Waals surface area (Å²) in [4.78, 5) is 28.7. The minimum atomic E-state index is -0.931. The molecule has 1 aromatic heterocycles. The molecule has 236 valence electrons. The van der Waals surface area contributed by atoms with E-state index in [0.717, 1.165) is 57.2 Å². The van der Waals surface area contributed by atoms with Crippen LogP contribution in [0.3, 0.4) is 0 Å². The molecular weight excluding hydrogens is 556 g/mol. The summed E-state index contributed by atoms with van der Waals surface area (Å²) in [6.45, 7) is 14.9. The largest absolute Gasteiger partial charge is 0.511 e. The summed E-state index contributed by atoms with van der Waals surface area (Å²) in [7, 11) is 1.35. The number of aliphatic hydroxyl groups excluding tert-OH is 1. The Morgan fingerprint density at radius 3 is 2.57 bits per heavy atom. The van der Waals surface area contributed by atoms with Gasteiger partial charge in [-0.1, -0.05) is 33.4 Å². The van der Waals surface area contributed by atoms with Crippen molar-refractivity contribution in [3.63, 3.8) is 0 Å². The Morgan fingerprint density at radius 2 is 1.91 bits per heavy atom. The third-order valence-corrected chi connectivity index (χ3v) is 11.3. The molecule has 4 aliphatic heterocycles. The van der Waals surface area contributed by atoms with Gasteiger partial charge in [-0.25, -0.2) is 0 Å². The Morgan fingerprint density at radius 1 is 1.16 bits per heavy atom. The number of carbonyl (C=O) groups is 2. The normalized spacial score (nSPS) is 35.5. The number of fused-ring (bicyclic) bond motifs is 8. The molecule has 1 aromatic rings. The van der Waals surface area contributed by atoms with Crippen molar-refractivity contribution in [2.45, 2.75) is 84.5 Å². The van der Waals surface area contributed by atoms with Crippen molar-refractivity contribution in [1.29, 1.82) is 0 Å². The summed E-state index contributed by atoms with van der Waals surface area (Å²) in [5.74, 6) is -1.93. The molecule has 2 saturated heterocycles. The molecule has 0 aromatic carbocycles. The zero-order valence-electron chi connectivity index (χ0n) is 26.6. The van der Waals surface area contributed by atoms with Crippen molar-refractivity contribution in [1.82, 2.24) is 20.9 Å².